The second-order valence-electron chi connectivity index (χ2n) is 5.44. The van der Waals surface area contributed by atoms with Crippen LogP contribution in [0, 0.1) is 5.41 Å². The number of nitrogens with one attached hydrogen (secondary N) is 1. The van der Waals surface area contributed by atoms with Crippen LogP contribution in [-0.2, 0) is 11.3 Å². The van der Waals surface area contributed by atoms with Gasteiger partial charge in [-0.1, -0.05) is 18.0 Å². The second-order valence-corrected chi connectivity index (χ2v) is 5.87. The van der Waals surface area contributed by atoms with Crippen LogP contribution >= 0.6 is 11.6 Å². The standard InChI is InChI=1S/C14H19ClN2O3/c1-2-17-8-10(15)6-11(17)13(20)16-9-14(4-3-5-14)7-12(18)19/h6,8H,2-5,7,9H2,1H3,(H,16,20)(H,18,19). The SMILES string of the molecule is CCn1cc(Cl)cc1C(=O)NCC1(CC(=O)O)CCC1. The summed E-state index contributed by atoms with van der Waals surface area (Å²) >= 11 is 5.91. The first-order valence-corrected chi connectivity index (χ1v) is 7.19. The summed E-state index contributed by atoms with van der Waals surface area (Å²) in [6.07, 6.45) is 4.57. The van der Waals surface area contributed by atoms with E-state index in [-0.39, 0.29) is 17.7 Å². The predicted octanol–water partition coefficient (Wildman–Crippen LogP) is 2.54. The van der Waals surface area contributed by atoms with Crippen LogP contribution in [0.1, 0.15) is 43.1 Å². The molecule has 0 saturated heterocycles. The van der Waals surface area contributed by atoms with Crippen molar-refractivity contribution in [3.05, 3.63) is 23.0 Å². The summed E-state index contributed by atoms with van der Waals surface area (Å²) in [5, 5.41) is 12.3. The maximum absolute atomic E-state index is 12.2. The zero-order valence-electron chi connectivity index (χ0n) is 11.5. The molecule has 0 bridgehead atoms. The molecular formula is C14H19ClN2O3. The van der Waals surface area contributed by atoms with Crippen molar-refractivity contribution in [2.75, 3.05) is 6.54 Å². The molecule has 1 aliphatic carbocycles. The van der Waals surface area contributed by atoms with Crippen molar-refractivity contribution in [2.24, 2.45) is 5.41 Å². The maximum atomic E-state index is 12.2. The average Bonchev–Trinajstić information content (AvgIpc) is 2.73. The normalized spacial score (nSPS) is 16.5. The van der Waals surface area contributed by atoms with E-state index in [9.17, 15) is 9.59 Å². The molecule has 5 nitrogen and oxygen atoms in total. The van der Waals surface area contributed by atoms with Crippen LogP contribution in [0.2, 0.25) is 5.02 Å². The Hall–Kier alpha value is -1.49. The van der Waals surface area contributed by atoms with E-state index < -0.39 is 5.97 Å². The third kappa shape index (κ3) is 3.15. The number of carbonyl (C=O) groups excluding carboxylic acids is 1. The number of carboxylic acid groups (broad SMARTS) is 1. The number of carbonyl (C=O) groups is 2. The molecule has 2 N–H and O–H groups in total. The predicted molar refractivity (Wildman–Crippen MR) is 76.0 cm³/mol. The Labute approximate surface area is 122 Å². The number of rotatable bonds is 6. The number of aryl methyl sites for hydroxylation is 1. The Morgan fingerprint density at radius 3 is 2.70 bits per heavy atom. The highest BCUT2D eigenvalue weighted by Gasteiger charge is 2.39. The van der Waals surface area contributed by atoms with Crippen LogP contribution in [0.5, 0.6) is 0 Å². The van der Waals surface area contributed by atoms with Gasteiger partial charge in [0.15, 0.2) is 0 Å². The number of amides is 1. The van der Waals surface area contributed by atoms with Gasteiger partial charge in [0.1, 0.15) is 5.69 Å². The first kappa shape index (κ1) is 14.9. The molecule has 0 unspecified atom stereocenters. The summed E-state index contributed by atoms with van der Waals surface area (Å²) in [5.41, 5.74) is 0.247. The van der Waals surface area contributed by atoms with Crippen molar-refractivity contribution in [3.63, 3.8) is 0 Å². The summed E-state index contributed by atoms with van der Waals surface area (Å²) in [6.45, 7) is 3.01. The molecule has 20 heavy (non-hydrogen) atoms. The molecule has 1 amide bonds. The van der Waals surface area contributed by atoms with Gasteiger partial charge in [-0.05, 0) is 31.2 Å². The fraction of sp³-hybridized carbons (Fsp3) is 0.571. The van der Waals surface area contributed by atoms with Gasteiger partial charge in [-0.3, -0.25) is 9.59 Å². The summed E-state index contributed by atoms with van der Waals surface area (Å²) < 4.78 is 1.78. The zero-order chi connectivity index (χ0) is 14.8. The molecule has 110 valence electrons. The first-order valence-electron chi connectivity index (χ1n) is 6.81. The fourth-order valence-electron chi connectivity index (χ4n) is 2.70. The van der Waals surface area contributed by atoms with Gasteiger partial charge in [-0.15, -0.1) is 0 Å². The van der Waals surface area contributed by atoms with E-state index in [1.165, 1.54) is 0 Å². The summed E-state index contributed by atoms with van der Waals surface area (Å²) in [4.78, 5) is 23.1. The number of carboxylic acids is 1. The van der Waals surface area contributed by atoms with Crippen LogP contribution in [0.25, 0.3) is 0 Å². The van der Waals surface area contributed by atoms with Crippen LogP contribution in [0.3, 0.4) is 0 Å². The van der Waals surface area contributed by atoms with E-state index in [4.69, 9.17) is 16.7 Å². The number of aromatic nitrogens is 1. The van der Waals surface area contributed by atoms with Gasteiger partial charge in [-0.25, -0.2) is 0 Å². The van der Waals surface area contributed by atoms with Gasteiger partial charge < -0.3 is 15.0 Å². The zero-order valence-corrected chi connectivity index (χ0v) is 12.2. The molecule has 1 saturated carbocycles. The van der Waals surface area contributed by atoms with Crippen molar-refractivity contribution in [1.29, 1.82) is 0 Å². The summed E-state index contributed by atoms with van der Waals surface area (Å²) in [6, 6.07) is 1.63. The fourth-order valence-corrected chi connectivity index (χ4v) is 2.92. The largest absolute Gasteiger partial charge is 0.481 e. The number of aliphatic carboxylic acids is 1. The molecule has 0 atom stereocenters. The molecule has 0 aromatic carbocycles. The minimum Gasteiger partial charge on any atom is -0.481 e. The maximum Gasteiger partial charge on any atom is 0.303 e. The van der Waals surface area contributed by atoms with E-state index in [2.05, 4.69) is 5.32 Å². The third-order valence-electron chi connectivity index (χ3n) is 4.00. The molecule has 1 aromatic rings. The molecule has 1 heterocycles. The monoisotopic (exact) mass is 298 g/mol. The smallest absolute Gasteiger partial charge is 0.303 e. The number of hydrogen-bond donors (Lipinski definition) is 2. The van der Waals surface area contributed by atoms with Gasteiger partial charge in [0, 0.05) is 19.3 Å². The Balaban J connectivity index is 1.99. The third-order valence-corrected chi connectivity index (χ3v) is 4.21. The van der Waals surface area contributed by atoms with Crippen molar-refractivity contribution < 1.29 is 14.7 Å². The minimum absolute atomic E-state index is 0.114. The molecular weight excluding hydrogens is 280 g/mol. The Morgan fingerprint density at radius 2 is 2.20 bits per heavy atom. The number of hydrogen-bond acceptors (Lipinski definition) is 2. The van der Waals surface area contributed by atoms with Crippen molar-refractivity contribution in [1.82, 2.24) is 9.88 Å². The van der Waals surface area contributed by atoms with E-state index in [1.807, 2.05) is 6.92 Å². The second kappa shape index (κ2) is 5.87. The quantitative estimate of drug-likeness (QED) is 0.848. The lowest BCUT2D eigenvalue weighted by molar-refractivity contribution is -0.141. The van der Waals surface area contributed by atoms with E-state index in [0.29, 0.717) is 23.8 Å². The van der Waals surface area contributed by atoms with Crippen molar-refractivity contribution in [3.8, 4) is 0 Å². The van der Waals surface area contributed by atoms with Gasteiger partial charge in [0.25, 0.3) is 5.91 Å². The summed E-state index contributed by atoms with van der Waals surface area (Å²) in [7, 11) is 0. The molecule has 2 rings (SSSR count). The Morgan fingerprint density at radius 1 is 1.50 bits per heavy atom. The van der Waals surface area contributed by atoms with Gasteiger partial charge in [-0.2, -0.15) is 0 Å². The topological polar surface area (TPSA) is 71.3 Å². The average molecular weight is 299 g/mol. The molecule has 6 heteroatoms. The summed E-state index contributed by atoms with van der Waals surface area (Å²) in [5.74, 6) is -1.01. The minimum atomic E-state index is -0.807. The lowest BCUT2D eigenvalue weighted by Gasteiger charge is -2.40. The molecule has 1 fully saturated rings. The van der Waals surface area contributed by atoms with Crippen molar-refractivity contribution in [2.45, 2.75) is 39.2 Å². The Kier molecular flexibility index (Phi) is 4.38. The van der Waals surface area contributed by atoms with Crippen LogP contribution in [0.4, 0.5) is 0 Å². The highest BCUT2D eigenvalue weighted by molar-refractivity contribution is 6.31. The molecule has 1 aliphatic rings. The molecule has 0 spiro atoms. The number of halogens is 1. The lowest BCUT2D eigenvalue weighted by Crippen LogP contribution is -2.43. The van der Waals surface area contributed by atoms with Gasteiger partial charge in [0.05, 0.1) is 11.4 Å². The van der Waals surface area contributed by atoms with Crippen LogP contribution in [-0.4, -0.2) is 28.1 Å². The van der Waals surface area contributed by atoms with Crippen molar-refractivity contribution >= 4 is 23.5 Å². The van der Waals surface area contributed by atoms with E-state index in [1.54, 1.807) is 16.8 Å². The van der Waals surface area contributed by atoms with Gasteiger partial charge >= 0.3 is 5.97 Å². The highest BCUT2D eigenvalue weighted by Crippen LogP contribution is 2.43. The Bertz CT molecular complexity index is 520. The molecule has 1 aromatic heterocycles. The van der Waals surface area contributed by atoms with Gasteiger partial charge in [0.2, 0.25) is 0 Å². The highest BCUT2D eigenvalue weighted by atomic mass is 35.5. The van der Waals surface area contributed by atoms with E-state index >= 15 is 0 Å². The lowest BCUT2D eigenvalue weighted by atomic mass is 9.66. The molecule has 0 radical (unpaired) electrons. The van der Waals surface area contributed by atoms with Crippen LogP contribution in [0.15, 0.2) is 12.3 Å². The molecule has 0 aliphatic heterocycles. The van der Waals surface area contributed by atoms with E-state index in [0.717, 1.165) is 19.3 Å². The first-order chi connectivity index (χ1) is 9.46. The van der Waals surface area contributed by atoms with Crippen LogP contribution < -0.4 is 5.32 Å². The number of nitrogens with zero attached hydrogens (tertiary/aromatic N) is 1.